The Bertz CT molecular complexity index is 221. The van der Waals surface area contributed by atoms with Gasteiger partial charge in [-0.05, 0) is 32.9 Å². The Labute approximate surface area is 98.0 Å². The van der Waals surface area contributed by atoms with Crippen LogP contribution in [0.3, 0.4) is 0 Å². The zero-order valence-corrected chi connectivity index (χ0v) is 10.4. The first kappa shape index (κ1) is 13.5. The normalized spacial score (nSPS) is 23.5. The minimum absolute atomic E-state index is 0.367. The van der Waals surface area contributed by atoms with Gasteiger partial charge >= 0.3 is 5.97 Å². The smallest absolute Gasteiger partial charge is 0.320 e. The number of unbranched alkanes of at least 4 members (excludes halogenated alkanes) is 1. The molecule has 16 heavy (non-hydrogen) atoms. The van der Waals surface area contributed by atoms with Gasteiger partial charge in [0.25, 0.3) is 0 Å². The lowest BCUT2D eigenvalue weighted by Crippen LogP contribution is -2.43. The number of nitrogens with zero attached hydrogens (tertiary/aromatic N) is 1. The molecule has 2 unspecified atom stereocenters. The van der Waals surface area contributed by atoms with Crippen LogP contribution in [0.2, 0.25) is 0 Å². The van der Waals surface area contributed by atoms with E-state index in [4.69, 9.17) is 5.11 Å². The van der Waals surface area contributed by atoms with Crippen LogP contribution in [0.25, 0.3) is 0 Å². The summed E-state index contributed by atoms with van der Waals surface area (Å²) in [6, 6.07) is 0.150. The molecule has 4 heteroatoms. The SMILES string of the molecule is CCCCC(NCC1CCCN1C)C(=O)O. The molecule has 94 valence electrons. The van der Waals surface area contributed by atoms with Crippen LogP contribution in [-0.2, 0) is 4.79 Å². The molecule has 0 spiro atoms. The molecule has 1 aliphatic heterocycles. The van der Waals surface area contributed by atoms with Crippen LogP contribution in [0.5, 0.6) is 0 Å². The number of carboxylic acid groups (broad SMARTS) is 1. The first-order valence-corrected chi connectivity index (χ1v) is 6.31. The van der Waals surface area contributed by atoms with E-state index >= 15 is 0 Å². The first-order valence-electron chi connectivity index (χ1n) is 6.31. The molecule has 0 saturated carbocycles. The quantitative estimate of drug-likeness (QED) is 0.690. The van der Waals surface area contributed by atoms with Gasteiger partial charge in [0.05, 0.1) is 0 Å². The first-order chi connectivity index (χ1) is 7.65. The molecule has 0 bridgehead atoms. The van der Waals surface area contributed by atoms with Gasteiger partial charge in [0.2, 0.25) is 0 Å². The maximum absolute atomic E-state index is 11.0. The van der Waals surface area contributed by atoms with E-state index in [0.717, 1.165) is 32.4 Å². The minimum atomic E-state index is -0.714. The third-order valence-corrected chi connectivity index (χ3v) is 3.42. The number of carboxylic acids is 1. The van der Waals surface area contributed by atoms with Crippen LogP contribution in [0.15, 0.2) is 0 Å². The Balaban J connectivity index is 2.28. The average molecular weight is 228 g/mol. The summed E-state index contributed by atoms with van der Waals surface area (Å²) >= 11 is 0. The van der Waals surface area contributed by atoms with Crippen LogP contribution in [0.4, 0.5) is 0 Å². The number of rotatable bonds is 7. The van der Waals surface area contributed by atoms with Crippen molar-refractivity contribution in [3.63, 3.8) is 0 Å². The number of aliphatic carboxylic acids is 1. The van der Waals surface area contributed by atoms with Gasteiger partial charge in [0.15, 0.2) is 0 Å². The molecule has 2 N–H and O–H groups in total. The molecule has 0 aromatic rings. The van der Waals surface area contributed by atoms with Gasteiger partial charge in [-0.3, -0.25) is 4.79 Å². The fourth-order valence-corrected chi connectivity index (χ4v) is 2.24. The summed E-state index contributed by atoms with van der Waals surface area (Å²) in [6.07, 6.45) is 5.18. The Morgan fingerprint density at radius 2 is 2.38 bits per heavy atom. The van der Waals surface area contributed by atoms with Crippen molar-refractivity contribution >= 4 is 5.97 Å². The number of carbonyl (C=O) groups is 1. The maximum atomic E-state index is 11.0. The number of nitrogens with one attached hydrogen (secondary N) is 1. The predicted molar refractivity (Wildman–Crippen MR) is 64.6 cm³/mol. The van der Waals surface area contributed by atoms with Crippen molar-refractivity contribution in [2.24, 2.45) is 0 Å². The molecule has 4 nitrogen and oxygen atoms in total. The largest absolute Gasteiger partial charge is 0.480 e. The fraction of sp³-hybridized carbons (Fsp3) is 0.917. The molecule has 2 atom stereocenters. The second kappa shape index (κ2) is 6.86. The Hall–Kier alpha value is -0.610. The highest BCUT2D eigenvalue weighted by Gasteiger charge is 2.23. The summed E-state index contributed by atoms with van der Waals surface area (Å²) in [7, 11) is 2.11. The average Bonchev–Trinajstić information content (AvgIpc) is 2.64. The highest BCUT2D eigenvalue weighted by molar-refractivity contribution is 5.73. The summed E-state index contributed by atoms with van der Waals surface area (Å²) < 4.78 is 0. The summed E-state index contributed by atoms with van der Waals surface area (Å²) in [4.78, 5) is 13.3. The van der Waals surface area contributed by atoms with Crippen molar-refractivity contribution < 1.29 is 9.90 Å². The van der Waals surface area contributed by atoms with Gasteiger partial charge in [-0.15, -0.1) is 0 Å². The molecule has 1 heterocycles. The topological polar surface area (TPSA) is 52.6 Å². The monoisotopic (exact) mass is 228 g/mol. The summed E-state index contributed by atoms with van der Waals surface area (Å²) in [5, 5.41) is 12.2. The van der Waals surface area contributed by atoms with Gasteiger partial charge in [-0.1, -0.05) is 19.8 Å². The van der Waals surface area contributed by atoms with Gasteiger partial charge in [0.1, 0.15) is 6.04 Å². The second-order valence-corrected chi connectivity index (χ2v) is 4.72. The Morgan fingerprint density at radius 1 is 1.62 bits per heavy atom. The van der Waals surface area contributed by atoms with Crippen molar-refractivity contribution in [1.82, 2.24) is 10.2 Å². The van der Waals surface area contributed by atoms with Gasteiger partial charge < -0.3 is 15.3 Å². The number of hydrogen-bond donors (Lipinski definition) is 2. The third-order valence-electron chi connectivity index (χ3n) is 3.42. The van der Waals surface area contributed by atoms with E-state index in [-0.39, 0.29) is 6.04 Å². The summed E-state index contributed by atoms with van der Waals surface area (Å²) in [5.74, 6) is -0.714. The van der Waals surface area contributed by atoms with E-state index in [0.29, 0.717) is 6.04 Å². The molecular weight excluding hydrogens is 204 g/mol. The van der Waals surface area contributed by atoms with E-state index < -0.39 is 5.97 Å². The molecule has 0 amide bonds. The lowest BCUT2D eigenvalue weighted by atomic mass is 10.1. The third kappa shape index (κ3) is 4.10. The van der Waals surface area contributed by atoms with Crippen LogP contribution in [0.1, 0.15) is 39.0 Å². The van der Waals surface area contributed by atoms with Crippen molar-refractivity contribution in [2.75, 3.05) is 20.1 Å². The molecule has 1 saturated heterocycles. The zero-order chi connectivity index (χ0) is 12.0. The van der Waals surface area contributed by atoms with E-state index in [1.807, 2.05) is 0 Å². The van der Waals surface area contributed by atoms with Crippen molar-refractivity contribution in [3.8, 4) is 0 Å². The molecule has 0 radical (unpaired) electrons. The summed E-state index contributed by atoms with van der Waals surface area (Å²) in [5.41, 5.74) is 0. The molecular formula is C12H24N2O2. The molecule has 1 fully saturated rings. The van der Waals surface area contributed by atoms with Crippen molar-refractivity contribution in [3.05, 3.63) is 0 Å². The highest BCUT2D eigenvalue weighted by Crippen LogP contribution is 2.14. The van der Waals surface area contributed by atoms with E-state index in [1.165, 1.54) is 12.8 Å². The van der Waals surface area contributed by atoms with Crippen LogP contribution >= 0.6 is 0 Å². The number of hydrogen-bond acceptors (Lipinski definition) is 3. The van der Waals surface area contributed by atoms with Gasteiger partial charge in [0, 0.05) is 12.6 Å². The van der Waals surface area contributed by atoms with Gasteiger partial charge in [-0.2, -0.15) is 0 Å². The molecule has 0 aliphatic carbocycles. The summed E-state index contributed by atoms with van der Waals surface area (Å²) in [6.45, 7) is 4.03. The molecule has 1 aliphatic rings. The Kier molecular flexibility index (Phi) is 5.77. The minimum Gasteiger partial charge on any atom is -0.480 e. The van der Waals surface area contributed by atoms with E-state index in [2.05, 4.69) is 24.2 Å². The van der Waals surface area contributed by atoms with Crippen molar-refractivity contribution in [2.45, 2.75) is 51.1 Å². The van der Waals surface area contributed by atoms with E-state index in [1.54, 1.807) is 0 Å². The lowest BCUT2D eigenvalue weighted by Gasteiger charge is -2.22. The standard InChI is InChI=1S/C12H24N2O2/c1-3-4-7-11(12(15)16)13-9-10-6-5-8-14(10)2/h10-11,13H,3-9H2,1-2H3,(H,15,16). The van der Waals surface area contributed by atoms with Crippen LogP contribution < -0.4 is 5.32 Å². The molecule has 0 aromatic carbocycles. The highest BCUT2D eigenvalue weighted by atomic mass is 16.4. The number of likely N-dealkylation sites (tertiary alicyclic amines) is 1. The van der Waals surface area contributed by atoms with Crippen LogP contribution in [-0.4, -0.2) is 48.2 Å². The predicted octanol–water partition coefficient (Wildman–Crippen LogP) is 1.31. The Morgan fingerprint density at radius 3 is 2.88 bits per heavy atom. The molecule has 1 rings (SSSR count). The molecule has 0 aromatic heterocycles. The zero-order valence-electron chi connectivity index (χ0n) is 10.4. The maximum Gasteiger partial charge on any atom is 0.320 e. The lowest BCUT2D eigenvalue weighted by molar-refractivity contribution is -0.139. The van der Waals surface area contributed by atoms with E-state index in [9.17, 15) is 4.79 Å². The number of likely N-dealkylation sites (N-methyl/N-ethyl adjacent to an activating group) is 1. The van der Waals surface area contributed by atoms with Crippen LogP contribution in [0, 0.1) is 0 Å². The fourth-order valence-electron chi connectivity index (χ4n) is 2.24. The van der Waals surface area contributed by atoms with Gasteiger partial charge in [-0.25, -0.2) is 0 Å². The van der Waals surface area contributed by atoms with Crippen molar-refractivity contribution in [1.29, 1.82) is 0 Å². The second-order valence-electron chi connectivity index (χ2n) is 4.72.